The van der Waals surface area contributed by atoms with Gasteiger partial charge in [0.25, 0.3) is 5.69 Å². The summed E-state index contributed by atoms with van der Waals surface area (Å²) in [6.07, 6.45) is 2.66. The molecule has 0 bridgehead atoms. The van der Waals surface area contributed by atoms with Gasteiger partial charge in [0.1, 0.15) is 0 Å². The van der Waals surface area contributed by atoms with Crippen LogP contribution in [0, 0.1) is 10.1 Å². The van der Waals surface area contributed by atoms with Crippen LogP contribution < -0.4 is 4.72 Å². The predicted molar refractivity (Wildman–Crippen MR) is 83.2 cm³/mol. The summed E-state index contributed by atoms with van der Waals surface area (Å²) in [6, 6.07) is 4.88. The van der Waals surface area contributed by atoms with Crippen LogP contribution in [0.3, 0.4) is 0 Å². The Bertz CT molecular complexity index is 607. The van der Waals surface area contributed by atoms with Gasteiger partial charge in [0.2, 0.25) is 10.0 Å². The van der Waals surface area contributed by atoms with Crippen molar-refractivity contribution in [1.82, 2.24) is 9.62 Å². The quantitative estimate of drug-likeness (QED) is 0.635. The Kier molecular flexibility index (Phi) is 5.49. The van der Waals surface area contributed by atoms with Crippen LogP contribution in [0.1, 0.15) is 26.2 Å². The Morgan fingerprint density at radius 3 is 2.36 bits per heavy atom. The van der Waals surface area contributed by atoms with Crippen LogP contribution in [0.5, 0.6) is 0 Å². The molecule has 8 heteroatoms. The molecule has 0 aromatic heterocycles. The third-order valence-corrected chi connectivity index (χ3v) is 5.34. The number of rotatable bonds is 6. The largest absolute Gasteiger partial charge is 0.303 e. The van der Waals surface area contributed by atoms with E-state index in [4.69, 9.17) is 0 Å². The number of nitrogens with one attached hydrogen (secondary N) is 1. The lowest BCUT2D eigenvalue weighted by atomic mass is 10.1. The topological polar surface area (TPSA) is 92.6 Å². The third-order valence-electron chi connectivity index (χ3n) is 3.81. The lowest BCUT2D eigenvalue weighted by Crippen LogP contribution is -2.44. The zero-order chi connectivity index (χ0) is 16.2. The summed E-state index contributed by atoms with van der Waals surface area (Å²) in [5.74, 6) is 0. The number of nitro groups is 1. The van der Waals surface area contributed by atoms with E-state index in [0.717, 1.165) is 38.9 Å². The number of sulfonamides is 1. The molecule has 1 aliphatic heterocycles. The first-order valence-electron chi connectivity index (χ1n) is 7.41. The van der Waals surface area contributed by atoms with Crippen LogP contribution in [-0.2, 0) is 10.0 Å². The van der Waals surface area contributed by atoms with Crippen molar-refractivity contribution in [3.63, 3.8) is 0 Å². The number of nitrogens with zero attached hydrogens (tertiary/aromatic N) is 2. The lowest BCUT2D eigenvalue weighted by Gasteiger charge is -2.31. The standard InChI is InChI=1S/C14H21N3O4S/c1-2-9-16-10-7-12(8-11-16)15-22(20,21)14-5-3-13(4-6-14)17(18)19/h3-6,12,15H,2,7-11H2,1H3. The zero-order valence-electron chi connectivity index (χ0n) is 12.6. The van der Waals surface area contributed by atoms with Gasteiger partial charge in [-0.15, -0.1) is 0 Å². The molecule has 2 rings (SSSR count). The van der Waals surface area contributed by atoms with Crippen LogP contribution in [-0.4, -0.2) is 43.9 Å². The van der Waals surface area contributed by atoms with Gasteiger partial charge in [0.05, 0.1) is 9.82 Å². The van der Waals surface area contributed by atoms with Crippen molar-refractivity contribution in [3.8, 4) is 0 Å². The smallest absolute Gasteiger partial charge is 0.269 e. The average Bonchev–Trinajstić information content (AvgIpc) is 2.49. The number of nitro benzene ring substituents is 1. The molecular formula is C14H21N3O4S. The summed E-state index contributed by atoms with van der Waals surface area (Å²) in [4.78, 5) is 12.4. The number of hydrogen-bond donors (Lipinski definition) is 1. The highest BCUT2D eigenvalue weighted by Crippen LogP contribution is 2.18. The van der Waals surface area contributed by atoms with Gasteiger partial charge in [-0.1, -0.05) is 6.92 Å². The summed E-state index contributed by atoms with van der Waals surface area (Å²) in [5, 5.41) is 10.6. The van der Waals surface area contributed by atoms with Crippen molar-refractivity contribution in [1.29, 1.82) is 0 Å². The van der Waals surface area contributed by atoms with E-state index in [1.165, 1.54) is 24.3 Å². The molecular weight excluding hydrogens is 306 g/mol. The monoisotopic (exact) mass is 327 g/mol. The minimum Gasteiger partial charge on any atom is -0.303 e. The molecule has 1 aliphatic rings. The normalized spacial score (nSPS) is 17.5. The molecule has 0 aliphatic carbocycles. The second-order valence-corrected chi connectivity index (χ2v) is 7.20. The molecule has 0 amide bonds. The van der Waals surface area contributed by atoms with E-state index in [2.05, 4.69) is 16.5 Å². The number of non-ortho nitro benzene ring substituents is 1. The number of piperidine rings is 1. The molecule has 0 radical (unpaired) electrons. The minimum atomic E-state index is -3.62. The van der Waals surface area contributed by atoms with E-state index in [-0.39, 0.29) is 16.6 Å². The van der Waals surface area contributed by atoms with E-state index in [1.807, 2.05) is 0 Å². The molecule has 1 heterocycles. The molecule has 0 unspecified atom stereocenters. The van der Waals surface area contributed by atoms with E-state index in [1.54, 1.807) is 0 Å². The maximum atomic E-state index is 12.3. The molecule has 22 heavy (non-hydrogen) atoms. The predicted octanol–water partition coefficient (Wildman–Crippen LogP) is 1.75. The molecule has 1 N–H and O–H groups in total. The average molecular weight is 327 g/mol. The van der Waals surface area contributed by atoms with E-state index in [9.17, 15) is 18.5 Å². The second kappa shape index (κ2) is 7.17. The highest BCUT2D eigenvalue weighted by atomic mass is 32.2. The van der Waals surface area contributed by atoms with Gasteiger partial charge in [-0.3, -0.25) is 10.1 Å². The Labute approximate surface area is 130 Å². The maximum absolute atomic E-state index is 12.3. The molecule has 0 spiro atoms. The summed E-state index contributed by atoms with van der Waals surface area (Å²) >= 11 is 0. The lowest BCUT2D eigenvalue weighted by molar-refractivity contribution is -0.384. The summed E-state index contributed by atoms with van der Waals surface area (Å²) in [5.41, 5.74) is -0.119. The fourth-order valence-electron chi connectivity index (χ4n) is 2.63. The molecule has 1 aromatic carbocycles. The second-order valence-electron chi connectivity index (χ2n) is 5.49. The Morgan fingerprint density at radius 2 is 1.86 bits per heavy atom. The Hall–Kier alpha value is -1.51. The number of likely N-dealkylation sites (tertiary alicyclic amines) is 1. The first-order chi connectivity index (χ1) is 10.4. The Balaban J connectivity index is 1.98. The van der Waals surface area contributed by atoms with Crippen molar-refractivity contribution in [2.45, 2.75) is 37.1 Å². The van der Waals surface area contributed by atoms with Gasteiger partial charge >= 0.3 is 0 Å². The molecule has 0 atom stereocenters. The van der Waals surface area contributed by atoms with Crippen LogP contribution in [0.15, 0.2) is 29.2 Å². The maximum Gasteiger partial charge on any atom is 0.269 e. The van der Waals surface area contributed by atoms with Crippen LogP contribution in [0.2, 0.25) is 0 Å². The van der Waals surface area contributed by atoms with Gasteiger partial charge in [-0.05, 0) is 51.0 Å². The van der Waals surface area contributed by atoms with Crippen molar-refractivity contribution >= 4 is 15.7 Å². The number of hydrogen-bond acceptors (Lipinski definition) is 5. The fourth-order valence-corrected chi connectivity index (χ4v) is 3.93. The summed E-state index contributed by atoms with van der Waals surface area (Å²) < 4.78 is 27.3. The van der Waals surface area contributed by atoms with Crippen LogP contribution >= 0.6 is 0 Å². The van der Waals surface area contributed by atoms with Gasteiger partial charge in [-0.25, -0.2) is 13.1 Å². The number of benzene rings is 1. The van der Waals surface area contributed by atoms with Crippen LogP contribution in [0.25, 0.3) is 0 Å². The highest BCUT2D eigenvalue weighted by molar-refractivity contribution is 7.89. The molecule has 1 aromatic rings. The molecule has 1 fully saturated rings. The minimum absolute atomic E-state index is 0.0640. The van der Waals surface area contributed by atoms with E-state index in [0.29, 0.717) is 0 Å². The van der Waals surface area contributed by atoms with Crippen molar-refractivity contribution < 1.29 is 13.3 Å². The van der Waals surface area contributed by atoms with Gasteiger partial charge in [-0.2, -0.15) is 0 Å². The first kappa shape index (κ1) is 16.9. The summed E-state index contributed by atoms with van der Waals surface area (Å²) in [7, 11) is -3.62. The SMILES string of the molecule is CCCN1CCC(NS(=O)(=O)c2ccc([N+](=O)[O-])cc2)CC1. The van der Waals surface area contributed by atoms with E-state index < -0.39 is 14.9 Å². The Morgan fingerprint density at radius 1 is 1.27 bits per heavy atom. The molecule has 1 saturated heterocycles. The van der Waals surface area contributed by atoms with E-state index >= 15 is 0 Å². The van der Waals surface area contributed by atoms with Crippen LogP contribution in [0.4, 0.5) is 5.69 Å². The molecule has 122 valence electrons. The van der Waals surface area contributed by atoms with Gasteiger partial charge in [0.15, 0.2) is 0 Å². The highest BCUT2D eigenvalue weighted by Gasteiger charge is 2.24. The summed E-state index contributed by atoms with van der Waals surface area (Å²) in [6.45, 7) is 4.95. The zero-order valence-corrected chi connectivity index (χ0v) is 13.4. The third kappa shape index (κ3) is 4.25. The van der Waals surface area contributed by atoms with Crippen molar-refractivity contribution in [2.75, 3.05) is 19.6 Å². The fraction of sp³-hybridized carbons (Fsp3) is 0.571. The first-order valence-corrected chi connectivity index (χ1v) is 8.90. The van der Waals surface area contributed by atoms with Gasteiger partial charge in [0, 0.05) is 18.2 Å². The molecule has 7 nitrogen and oxygen atoms in total. The molecule has 0 saturated carbocycles. The van der Waals surface area contributed by atoms with Gasteiger partial charge < -0.3 is 4.90 Å². The van der Waals surface area contributed by atoms with Crippen molar-refractivity contribution in [3.05, 3.63) is 34.4 Å². The van der Waals surface area contributed by atoms with Crippen molar-refractivity contribution in [2.24, 2.45) is 0 Å².